The van der Waals surface area contributed by atoms with Crippen LogP contribution in [0.1, 0.15) is 0 Å². The molecule has 290 valence electrons. The fourth-order valence-electron chi connectivity index (χ4n) is 9.76. The maximum atomic E-state index is 6.47. The van der Waals surface area contributed by atoms with Crippen LogP contribution in [0.15, 0.2) is 218 Å². The number of nitrogens with zero attached hydrogens (tertiary/aromatic N) is 2. The Bertz CT molecular complexity index is 3300. The van der Waals surface area contributed by atoms with Crippen molar-refractivity contribution in [2.75, 3.05) is 9.80 Å². The molecule has 0 fully saturated rings. The molecule has 2 aliphatic rings. The Morgan fingerprint density at radius 2 is 0.597 bits per heavy atom. The molecule has 11 aromatic rings. The third-order valence-electron chi connectivity index (χ3n) is 12.5. The first-order valence-corrected chi connectivity index (χ1v) is 21.1. The summed E-state index contributed by atoms with van der Waals surface area (Å²) in [7, 11) is 0. The Hall–Kier alpha value is -8.34. The van der Waals surface area contributed by atoms with Gasteiger partial charge in [0.25, 0.3) is 0 Å². The molecular formula is C58H36N2O2. The molecule has 0 unspecified atom stereocenters. The summed E-state index contributed by atoms with van der Waals surface area (Å²) in [6.07, 6.45) is 0. The largest absolute Gasteiger partial charge is 0.453 e. The number of rotatable bonds is 4. The molecule has 0 radical (unpaired) electrons. The molecule has 11 aromatic carbocycles. The van der Waals surface area contributed by atoms with Gasteiger partial charge in [0.05, 0.1) is 22.7 Å². The fourth-order valence-corrected chi connectivity index (χ4v) is 9.76. The van der Waals surface area contributed by atoms with Crippen LogP contribution < -0.4 is 19.3 Å². The SMILES string of the molecule is c1ccc2c(c1)Oc1ccccc1N2c1ccc2c(-c3ccc4ccccc4c3)c3cc(N4c5ccccc5Oc5ccccc54)ccc3c(-c3ccc4ccccc4c3)c2c1. The standard InChI is InChI=1S/C58H36N2O2/c1-3-15-39-33-41(27-25-37(39)13-1)57-45-31-29-44(60-51-19-7-11-23-55(51)62-56-24-12-8-20-52(56)60)36-48(45)58(42-28-26-38-14-2-4-16-40(38)34-42)46-32-30-43(35-47(46)57)59-49-17-5-9-21-53(49)61-54-22-10-6-18-50(54)59/h1-36H. The Morgan fingerprint density at radius 3 is 0.984 bits per heavy atom. The maximum absolute atomic E-state index is 6.47. The lowest BCUT2D eigenvalue weighted by atomic mass is 9.84. The summed E-state index contributed by atoms with van der Waals surface area (Å²) in [5.41, 5.74) is 10.8. The first-order chi connectivity index (χ1) is 30.7. The van der Waals surface area contributed by atoms with Gasteiger partial charge in [-0.1, -0.05) is 133 Å². The predicted octanol–water partition coefficient (Wildman–Crippen LogP) is 16.8. The second-order valence-electron chi connectivity index (χ2n) is 16.1. The van der Waals surface area contributed by atoms with E-state index in [4.69, 9.17) is 9.47 Å². The van der Waals surface area contributed by atoms with Crippen molar-refractivity contribution in [3.63, 3.8) is 0 Å². The summed E-state index contributed by atoms with van der Waals surface area (Å²) in [5, 5.41) is 9.53. The highest BCUT2D eigenvalue weighted by Gasteiger charge is 2.29. The van der Waals surface area contributed by atoms with Gasteiger partial charge in [-0.15, -0.1) is 0 Å². The van der Waals surface area contributed by atoms with E-state index in [1.54, 1.807) is 0 Å². The third-order valence-corrected chi connectivity index (χ3v) is 12.5. The van der Waals surface area contributed by atoms with Crippen molar-refractivity contribution in [3.05, 3.63) is 218 Å². The van der Waals surface area contributed by atoms with Crippen LogP contribution in [0.5, 0.6) is 23.0 Å². The second-order valence-corrected chi connectivity index (χ2v) is 16.1. The van der Waals surface area contributed by atoms with Crippen LogP contribution in [0, 0.1) is 0 Å². The second kappa shape index (κ2) is 13.6. The van der Waals surface area contributed by atoms with Crippen molar-refractivity contribution < 1.29 is 9.47 Å². The first-order valence-electron chi connectivity index (χ1n) is 21.1. The summed E-state index contributed by atoms with van der Waals surface area (Å²) in [6.45, 7) is 0. The van der Waals surface area contributed by atoms with Crippen molar-refractivity contribution in [2.24, 2.45) is 0 Å². The topological polar surface area (TPSA) is 24.9 Å². The van der Waals surface area contributed by atoms with Gasteiger partial charge < -0.3 is 19.3 Å². The number of benzene rings is 11. The van der Waals surface area contributed by atoms with Crippen LogP contribution in [0.2, 0.25) is 0 Å². The highest BCUT2D eigenvalue weighted by atomic mass is 16.5. The summed E-state index contributed by atoms with van der Waals surface area (Å²) in [6, 6.07) is 78.3. The average molecular weight is 793 g/mol. The Morgan fingerprint density at radius 1 is 0.258 bits per heavy atom. The van der Waals surface area contributed by atoms with E-state index in [-0.39, 0.29) is 0 Å². The third kappa shape index (κ3) is 5.33. The van der Waals surface area contributed by atoms with Crippen LogP contribution >= 0.6 is 0 Å². The van der Waals surface area contributed by atoms with Gasteiger partial charge in [-0.3, -0.25) is 0 Å². The molecule has 0 saturated carbocycles. The van der Waals surface area contributed by atoms with E-state index in [1.165, 1.54) is 65.3 Å². The van der Waals surface area contributed by atoms with Gasteiger partial charge in [-0.25, -0.2) is 0 Å². The molecule has 0 amide bonds. The van der Waals surface area contributed by atoms with E-state index in [2.05, 4.69) is 180 Å². The minimum absolute atomic E-state index is 0.829. The first kappa shape index (κ1) is 34.5. The maximum Gasteiger partial charge on any atom is 0.151 e. The highest BCUT2D eigenvalue weighted by molar-refractivity contribution is 6.23. The van der Waals surface area contributed by atoms with E-state index < -0.39 is 0 Å². The van der Waals surface area contributed by atoms with Gasteiger partial charge in [-0.2, -0.15) is 0 Å². The molecular weight excluding hydrogens is 757 g/mol. The molecule has 0 aliphatic carbocycles. The number of para-hydroxylation sites is 8. The van der Waals surface area contributed by atoms with Crippen LogP contribution in [-0.2, 0) is 0 Å². The lowest BCUT2D eigenvalue weighted by Crippen LogP contribution is -2.15. The molecule has 0 aromatic heterocycles. The van der Waals surface area contributed by atoms with Gasteiger partial charge in [0.1, 0.15) is 0 Å². The summed E-state index contributed by atoms with van der Waals surface area (Å²) in [4.78, 5) is 4.68. The van der Waals surface area contributed by atoms with Crippen molar-refractivity contribution in [1.82, 2.24) is 0 Å². The monoisotopic (exact) mass is 792 g/mol. The normalized spacial score (nSPS) is 12.7. The molecule has 0 atom stereocenters. The predicted molar refractivity (Wildman–Crippen MR) is 257 cm³/mol. The van der Waals surface area contributed by atoms with E-state index in [1.807, 2.05) is 48.5 Å². The molecule has 0 N–H and O–H groups in total. The quantitative estimate of drug-likeness (QED) is 0.166. The Kier molecular flexibility index (Phi) is 7.57. The minimum atomic E-state index is 0.829. The van der Waals surface area contributed by atoms with Crippen molar-refractivity contribution in [2.45, 2.75) is 0 Å². The fraction of sp³-hybridized carbons (Fsp3) is 0. The Labute approximate surface area is 358 Å². The van der Waals surface area contributed by atoms with E-state index in [0.29, 0.717) is 0 Å². The molecule has 62 heavy (non-hydrogen) atoms. The van der Waals surface area contributed by atoms with Gasteiger partial charge in [0.15, 0.2) is 23.0 Å². The zero-order chi connectivity index (χ0) is 40.7. The molecule has 2 heterocycles. The molecule has 13 rings (SSSR count). The van der Waals surface area contributed by atoms with Crippen LogP contribution in [0.25, 0.3) is 65.3 Å². The lowest BCUT2D eigenvalue weighted by Gasteiger charge is -2.33. The van der Waals surface area contributed by atoms with Gasteiger partial charge >= 0.3 is 0 Å². The van der Waals surface area contributed by atoms with Gasteiger partial charge in [0.2, 0.25) is 0 Å². The molecule has 0 bridgehead atoms. The smallest absolute Gasteiger partial charge is 0.151 e. The van der Waals surface area contributed by atoms with Crippen LogP contribution in [0.3, 0.4) is 0 Å². The van der Waals surface area contributed by atoms with Crippen molar-refractivity contribution in [3.8, 4) is 45.3 Å². The summed E-state index contributed by atoms with van der Waals surface area (Å²) < 4.78 is 12.9. The van der Waals surface area contributed by atoms with Gasteiger partial charge in [-0.05, 0) is 150 Å². The number of fused-ring (bicyclic) bond motifs is 8. The molecule has 0 spiro atoms. The number of hydrogen-bond donors (Lipinski definition) is 0. The molecule has 0 saturated heterocycles. The van der Waals surface area contributed by atoms with Gasteiger partial charge in [0, 0.05) is 11.4 Å². The zero-order valence-electron chi connectivity index (χ0n) is 33.5. The van der Waals surface area contributed by atoms with Crippen molar-refractivity contribution in [1.29, 1.82) is 0 Å². The Balaban J connectivity index is 1.15. The van der Waals surface area contributed by atoms with E-state index >= 15 is 0 Å². The minimum Gasteiger partial charge on any atom is -0.453 e. The average Bonchev–Trinajstić information content (AvgIpc) is 3.33. The van der Waals surface area contributed by atoms with Crippen LogP contribution in [-0.4, -0.2) is 0 Å². The lowest BCUT2D eigenvalue weighted by molar-refractivity contribution is 0.477. The molecule has 2 aliphatic heterocycles. The van der Waals surface area contributed by atoms with E-state index in [0.717, 1.165) is 57.1 Å². The molecule has 4 heteroatoms. The number of anilines is 6. The zero-order valence-corrected chi connectivity index (χ0v) is 33.5. The summed E-state index contributed by atoms with van der Waals surface area (Å²) in [5.74, 6) is 3.32. The van der Waals surface area contributed by atoms with E-state index in [9.17, 15) is 0 Å². The number of ether oxygens (including phenoxy) is 2. The van der Waals surface area contributed by atoms with Crippen molar-refractivity contribution >= 4 is 77.2 Å². The highest BCUT2D eigenvalue weighted by Crippen LogP contribution is 2.54. The van der Waals surface area contributed by atoms with Crippen LogP contribution in [0.4, 0.5) is 34.1 Å². The number of hydrogen-bond acceptors (Lipinski definition) is 4. The molecule has 4 nitrogen and oxygen atoms in total. The summed E-state index contributed by atoms with van der Waals surface area (Å²) >= 11 is 0.